The lowest BCUT2D eigenvalue weighted by Gasteiger charge is -2.38. The topological polar surface area (TPSA) is 35.5 Å². The molecule has 1 aliphatic carbocycles. The molecule has 0 aromatic carbocycles. The maximum atomic E-state index is 12.5. The standard InChI is InChI=1S/C15H28O3/c1-12-7-6-9-15(11-12,18-5)13(16)8-10-14(2,3)17-4/h12H,6-11H2,1-5H3. The molecule has 0 saturated heterocycles. The Bertz CT molecular complexity index is 285. The van der Waals surface area contributed by atoms with Crippen molar-refractivity contribution < 1.29 is 14.3 Å². The van der Waals surface area contributed by atoms with Crippen molar-refractivity contribution >= 4 is 5.78 Å². The van der Waals surface area contributed by atoms with Crippen molar-refractivity contribution in [3.63, 3.8) is 0 Å². The first kappa shape index (κ1) is 15.6. The highest BCUT2D eigenvalue weighted by molar-refractivity contribution is 5.87. The molecule has 1 saturated carbocycles. The van der Waals surface area contributed by atoms with Crippen molar-refractivity contribution in [2.75, 3.05) is 14.2 Å². The molecule has 106 valence electrons. The normalized spacial score (nSPS) is 29.3. The van der Waals surface area contributed by atoms with Gasteiger partial charge < -0.3 is 9.47 Å². The number of carbonyl (C=O) groups is 1. The van der Waals surface area contributed by atoms with Crippen LogP contribution in [0.5, 0.6) is 0 Å². The fourth-order valence-electron chi connectivity index (χ4n) is 2.80. The van der Waals surface area contributed by atoms with Crippen molar-refractivity contribution in [3.05, 3.63) is 0 Å². The Morgan fingerprint density at radius 2 is 2.06 bits per heavy atom. The molecule has 0 heterocycles. The molecule has 0 radical (unpaired) electrons. The first-order chi connectivity index (χ1) is 8.35. The molecule has 2 unspecified atom stereocenters. The first-order valence-corrected chi connectivity index (χ1v) is 6.99. The lowest BCUT2D eigenvalue weighted by molar-refractivity contribution is -0.148. The summed E-state index contributed by atoms with van der Waals surface area (Å²) in [6, 6.07) is 0. The van der Waals surface area contributed by atoms with Gasteiger partial charge >= 0.3 is 0 Å². The highest BCUT2D eigenvalue weighted by atomic mass is 16.5. The average molecular weight is 256 g/mol. The Morgan fingerprint density at radius 1 is 1.39 bits per heavy atom. The minimum Gasteiger partial charge on any atom is -0.379 e. The number of rotatable bonds is 6. The molecule has 0 amide bonds. The number of Topliss-reactive ketones (excluding diaryl/α,β-unsaturated/α-hetero) is 1. The van der Waals surface area contributed by atoms with E-state index in [2.05, 4.69) is 6.92 Å². The van der Waals surface area contributed by atoms with Gasteiger partial charge in [-0.05, 0) is 45.4 Å². The van der Waals surface area contributed by atoms with Gasteiger partial charge in [0.2, 0.25) is 0 Å². The number of carbonyl (C=O) groups excluding carboxylic acids is 1. The minimum atomic E-state index is -0.526. The number of ether oxygens (including phenoxy) is 2. The molecule has 0 spiro atoms. The molecular formula is C15H28O3. The van der Waals surface area contributed by atoms with E-state index in [1.54, 1.807) is 14.2 Å². The Morgan fingerprint density at radius 3 is 2.56 bits per heavy atom. The van der Waals surface area contributed by atoms with Crippen LogP contribution in [0, 0.1) is 5.92 Å². The van der Waals surface area contributed by atoms with E-state index in [4.69, 9.17) is 9.47 Å². The monoisotopic (exact) mass is 256 g/mol. The van der Waals surface area contributed by atoms with Crippen LogP contribution in [-0.4, -0.2) is 31.2 Å². The third-order valence-corrected chi connectivity index (χ3v) is 4.36. The van der Waals surface area contributed by atoms with Crippen LogP contribution < -0.4 is 0 Å². The van der Waals surface area contributed by atoms with Gasteiger partial charge in [-0.2, -0.15) is 0 Å². The van der Waals surface area contributed by atoms with Gasteiger partial charge in [-0.15, -0.1) is 0 Å². The van der Waals surface area contributed by atoms with E-state index in [9.17, 15) is 4.79 Å². The first-order valence-electron chi connectivity index (χ1n) is 6.99. The Kier molecular flexibility index (Phi) is 5.35. The summed E-state index contributed by atoms with van der Waals surface area (Å²) in [4.78, 5) is 12.5. The molecular weight excluding hydrogens is 228 g/mol. The summed E-state index contributed by atoms with van der Waals surface area (Å²) in [5, 5.41) is 0. The van der Waals surface area contributed by atoms with Gasteiger partial charge in [0.15, 0.2) is 5.78 Å². The van der Waals surface area contributed by atoms with Gasteiger partial charge in [0, 0.05) is 20.6 Å². The molecule has 3 nitrogen and oxygen atoms in total. The fraction of sp³-hybridized carbons (Fsp3) is 0.933. The van der Waals surface area contributed by atoms with E-state index >= 15 is 0 Å². The SMILES string of the molecule is COC(C)(C)CCC(=O)C1(OC)CCCC(C)C1. The number of hydrogen-bond acceptors (Lipinski definition) is 3. The van der Waals surface area contributed by atoms with Crippen LogP contribution >= 0.6 is 0 Å². The third kappa shape index (κ3) is 3.79. The number of hydrogen-bond donors (Lipinski definition) is 0. The molecule has 18 heavy (non-hydrogen) atoms. The molecule has 0 aliphatic heterocycles. The van der Waals surface area contributed by atoms with Gasteiger partial charge in [0.05, 0.1) is 5.60 Å². The van der Waals surface area contributed by atoms with Gasteiger partial charge in [0.1, 0.15) is 5.60 Å². The lowest BCUT2D eigenvalue weighted by Crippen LogP contribution is -2.45. The van der Waals surface area contributed by atoms with Crippen LogP contribution in [0.1, 0.15) is 59.3 Å². The van der Waals surface area contributed by atoms with E-state index in [-0.39, 0.29) is 11.4 Å². The maximum Gasteiger partial charge on any atom is 0.164 e. The van der Waals surface area contributed by atoms with Gasteiger partial charge in [-0.3, -0.25) is 4.79 Å². The molecule has 0 aromatic heterocycles. The fourth-order valence-corrected chi connectivity index (χ4v) is 2.80. The van der Waals surface area contributed by atoms with Crippen LogP contribution in [0.3, 0.4) is 0 Å². The molecule has 0 aromatic rings. The Balaban J connectivity index is 2.62. The highest BCUT2D eigenvalue weighted by Crippen LogP contribution is 2.37. The lowest BCUT2D eigenvalue weighted by atomic mass is 9.75. The van der Waals surface area contributed by atoms with Crippen molar-refractivity contribution in [1.29, 1.82) is 0 Å². The predicted octanol–water partition coefficient (Wildman–Crippen LogP) is 3.36. The van der Waals surface area contributed by atoms with Gasteiger partial charge in [-0.25, -0.2) is 0 Å². The summed E-state index contributed by atoms with van der Waals surface area (Å²) in [6.45, 7) is 6.24. The van der Waals surface area contributed by atoms with Crippen molar-refractivity contribution in [2.45, 2.75) is 70.5 Å². The highest BCUT2D eigenvalue weighted by Gasteiger charge is 2.41. The van der Waals surface area contributed by atoms with E-state index in [0.717, 1.165) is 25.7 Å². The van der Waals surface area contributed by atoms with Crippen LogP contribution in [-0.2, 0) is 14.3 Å². The predicted molar refractivity (Wildman–Crippen MR) is 72.7 cm³/mol. The molecule has 0 bridgehead atoms. The molecule has 0 N–H and O–H groups in total. The van der Waals surface area contributed by atoms with Crippen LogP contribution in [0.2, 0.25) is 0 Å². The number of methoxy groups -OCH3 is 2. The van der Waals surface area contributed by atoms with Gasteiger partial charge in [-0.1, -0.05) is 13.3 Å². The summed E-state index contributed by atoms with van der Waals surface area (Å²) in [7, 11) is 3.37. The maximum absolute atomic E-state index is 12.5. The molecule has 1 aliphatic rings. The Hall–Kier alpha value is -0.410. The average Bonchev–Trinajstić information content (AvgIpc) is 2.35. The van der Waals surface area contributed by atoms with E-state index in [0.29, 0.717) is 12.3 Å². The third-order valence-electron chi connectivity index (χ3n) is 4.36. The van der Waals surface area contributed by atoms with Crippen molar-refractivity contribution in [3.8, 4) is 0 Å². The summed E-state index contributed by atoms with van der Waals surface area (Å²) in [5.74, 6) is 0.833. The van der Waals surface area contributed by atoms with Crippen LogP contribution in [0.25, 0.3) is 0 Å². The largest absolute Gasteiger partial charge is 0.379 e. The van der Waals surface area contributed by atoms with E-state index < -0.39 is 5.60 Å². The second kappa shape index (κ2) is 6.16. The number of ketones is 1. The molecule has 2 atom stereocenters. The summed E-state index contributed by atoms with van der Waals surface area (Å²) in [6.07, 6.45) is 5.34. The zero-order valence-electron chi connectivity index (χ0n) is 12.5. The summed E-state index contributed by atoms with van der Waals surface area (Å²) >= 11 is 0. The second-order valence-corrected chi connectivity index (χ2v) is 6.29. The molecule has 3 heteroatoms. The summed E-state index contributed by atoms with van der Waals surface area (Å²) in [5.41, 5.74) is -0.758. The van der Waals surface area contributed by atoms with Gasteiger partial charge in [0.25, 0.3) is 0 Å². The summed E-state index contributed by atoms with van der Waals surface area (Å²) < 4.78 is 11.0. The molecule has 1 fully saturated rings. The van der Waals surface area contributed by atoms with Crippen molar-refractivity contribution in [1.82, 2.24) is 0 Å². The van der Waals surface area contributed by atoms with E-state index in [1.807, 2.05) is 13.8 Å². The van der Waals surface area contributed by atoms with Crippen LogP contribution in [0.4, 0.5) is 0 Å². The van der Waals surface area contributed by atoms with Crippen molar-refractivity contribution in [2.24, 2.45) is 5.92 Å². The second-order valence-electron chi connectivity index (χ2n) is 6.29. The smallest absolute Gasteiger partial charge is 0.164 e. The zero-order chi connectivity index (χ0) is 13.8. The zero-order valence-corrected chi connectivity index (χ0v) is 12.5. The Labute approximate surface area is 111 Å². The quantitative estimate of drug-likeness (QED) is 0.731. The van der Waals surface area contributed by atoms with Crippen LogP contribution in [0.15, 0.2) is 0 Å². The van der Waals surface area contributed by atoms with E-state index in [1.165, 1.54) is 6.42 Å². The minimum absolute atomic E-state index is 0.231. The molecule has 1 rings (SSSR count).